The summed E-state index contributed by atoms with van der Waals surface area (Å²) in [5.41, 5.74) is 6.30. The van der Waals surface area contributed by atoms with E-state index >= 15 is 0 Å². The zero-order chi connectivity index (χ0) is 11.1. The zero-order valence-corrected chi connectivity index (χ0v) is 9.70. The highest BCUT2D eigenvalue weighted by Crippen LogP contribution is 2.07. The number of rotatable bonds is 7. The number of nitrogens with two attached hydrogens (primary N) is 1. The number of aromatic nitrogens is 1. The van der Waals surface area contributed by atoms with Crippen LogP contribution in [0.25, 0.3) is 0 Å². The predicted octanol–water partition coefficient (Wildman–Crippen LogP) is 1.76. The summed E-state index contributed by atoms with van der Waals surface area (Å²) in [5.74, 6) is 0.911. The Morgan fingerprint density at radius 3 is 2.80 bits per heavy atom. The van der Waals surface area contributed by atoms with Crippen molar-refractivity contribution >= 4 is 0 Å². The number of unbranched alkanes of at least 4 members (excludes halogenated alkanes) is 1. The largest absolute Gasteiger partial charge is 0.360 e. The fourth-order valence-corrected chi connectivity index (χ4v) is 1.48. The van der Waals surface area contributed by atoms with Crippen molar-refractivity contribution in [2.75, 3.05) is 13.1 Å². The summed E-state index contributed by atoms with van der Waals surface area (Å²) in [4.78, 5) is 2.35. The molecule has 15 heavy (non-hydrogen) atoms. The van der Waals surface area contributed by atoms with Crippen molar-refractivity contribution in [2.24, 2.45) is 5.73 Å². The van der Waals surface area contributed by atoms with E-state index in [4.69, 9.17) is 10.3 Å². The average molecular weight is 211 g/mol. The first-order chi connectivity index (χ1) is 7.30. The van der Waals surface area contributed by atoms with Gasteiger partial charge in [-0.2, -0.15) is 0 Å². The van der Waals surface area contributed by atoms with Gasteiger partial charge in [-0.25, -0.2) is 0 Å². The van der Waals surface area contributed by atoms with Crippen molar-refractivity contribution < 1.29 is 4.52 Å². The van der Waals surface area contributed by atoms with Crippen molar-refractivity contribution in [2.45, 2.75) is 39.8 Å². The smallest absolute Gasteiger partial charge is 0.151 e. The standard InChI is InChI=1S/C11H21N3O/c1-3-5-6-14(4-2)9-11-7-10(8-12)13-15-11/h7H,3-6,8-9,12H2,1-2H3. The molecule has 4 heteroatoms. The second kappa shape index (κ2) is 6.58. The minimum Gasteiger partial charge on any atom is -0.360 e. The third kappa shape index (κ3) is 4.01. The quantitative estimate of drug-likeness (QED) is 0.746. The van der Waals surface area contributed by atoms with Crippen LogP contribution in [0, 0.1) is 0 Å². The molecule has 86 valence electrons. The van der Waals surface area contributed by atoms with Gasteiger partial charge < -0.3 is 10.3 Å². The van der Waals surface area contributed by atoms with E-state index in [1.165, 1.54) is 12.8 Å². The summed E-state index contributed by atoms with van der Waals surface area (Å²) in [5, 5.41) is 3.88. The minimum absolute atomic E-state index is 0.449. The molecule has 0 saturated carbocycles. The molecule has 0 spiro atoms. The Hall–Kier alpha value is -0.870. The molecular weight excluding hydrogens is 190 g/mol. The number of nitrogens with zero attached hydrogens (tertiary/aromatic N) is 2. The van der Waals surface area contributed by atoms with E-state index < -0.39 is 0 Å². The fraction of sp³-hybridized carbons (Fsp3) is 0.727. The molecule has 0 aliphatic heterocycles. The van der Waals surface area contributed by atoms with E-state index in [1.54, 1.807) is 0 Å². The molecular formula is C11H21N3O. The summed E-state index contributed by atoms with van der Waals surface area (Å²) in [7, 11) is 0. The fourth-order valence-electron chi connectivity index (χ4n) is 1.48. The first kappa shape index (κ1) is 12.2. The molecule has 0 aromatic carbocycles. The van der Waals surface area contributed by atoms with Gasteiger partial charge in [0.2, 0.25) is 0 Å². The third-order valence-corrected chi connectivity index (χ3v) is 2.47. The maximum Gasteiger partial charge on any atom is 0.151 e. The maximum atomic E-state index is 5.47. The Labute approximate surface area is 91.4 Å². The first-order valence-electron chi connectivity index (χ1n) is 5.67. The highest BCUT2D eigenvalue weighted by molar-refractivity contribution is 5.04. The molecule has 0 atom stereocenters. The van der Waals surface area contributed by atoms with E-state index in [1.807, 2.05) is 6.07 Å². The van der Waals surface area contributed by atoms with Gasteiger partial charge in [0.15, 0.2) is 5.76 Å². The van der Waals surface area contributed by atoms with Crippen molar-refractivity contribution in [3.63, 3.8) is 0 Å². The lowest BCUT2D eigenvalue weighted by Crippen LogP contribution is -2.23. The molecule has 1 aromatic rings. The summed E-state index contributed by atoms with van der Waals surface area (Å²) in [6, 6.07) is 1.94. The van der Waals surface area contributed by atoms with Crippen LogP contribution in [0.15, 0.2) is 10.6 Å². The number of hydrogen-bond donors (Lipinski definition) is 1. The monoisotopic (exact) mass is 211 g/mol. The third-order valence-electron chi connectivity index (χ3n) is 2.47. The van der Waals surface area contributed by atoms with E-state index in [2.05, 4.69) is 23.9 Å². The van der Waals surface area contributed by atoms with Gasteiger partial charge in [0.25, 0.3) is 0 Å². The topological polar surface area (TPSA) is 55.3 Å². The van der Waals surface area contributed by atoms with Gasteiger partial charge >= 0.3 is 0 Å². The average Bonchev–Trinajstić information content (AvgIpc) is 2.71. The van der Waals surface area contributed by atoms with Crippen LogP contribution in [0.4, 0.5) is 0 Å². The first-order valence-corrected chi connectivity index (χ1v) is 5.67. The lowest BCUT2D eigenvalue weighted by atomic mass is 10.3. The van der Waals surface area contributed by atoms with Crippen LogP contribution in [-0.4, -0.2) is 23.1 Å². The van der Waals surface area contributed by atoms with Crippen molar-refractivity contribution in [3.05, 3.63) is 17.5 Å². The van der Waals surface area contributed by atoms with Crippen molar-refractivity contribution in [1.82, 2.24) is 10.1 Å². The van der Waals surface area contributed by atoms with Crippen LogP contribution in [-0.2, 0) is 13.1 Å². The van der Waals surface area contributed by atoms with Gasteiger partial charge in [-0.15, -0.1) is 0 Å². The lowest BCUT2D eigenvalue weighted by molar-refractivity contribution is 0.237. The second-order valence-corrected chi connectivity index (χ2v) is 3.71. The molecule has 0 aliphatic carbocycles. The minimum atomic E-state index is 0.449. The summed E-state index contributed by atoms with van der Waals surface area (Å²) in [6.07, 6.45) is 2.45. The van der Waals surface area contributed by atoms with Crippen molar-refractivity contribution in [1.29, 1.82) is 0 Å². The van der Waals surface area contributed by atoms with Crippen LogP contribution in [0.5, 0.6) is 0 Å². The molecule has 2 N–H and O–H groups in total. The molecule has 4 nitrogen and oxygen atoms in total. The van der Waals surface area contributed by atoms with Gasteiger partial charge in [0, 0.05) is 12.6 Å². The van der Waals surface area contributed by atoms with E-state index in [9.17, 15) is 0 Å². The zero-order valence-electron chi connectivity index (χ0n) is 9.70. The van der Waals surface area contributed by atoms with Crippen LogP contribution in [0.2, 0.25) is 0 Å². The van der Waals surface area contributed by atoms with Gasteiger partial charge in [-0.05, 0) is 19.5 Å². The van der Waals surface area contributed by atoms with Gasteiger partial charge in [-0.3, -0.25) is 4.90 Å². The highest BCUT2D eigenvalue weighted by atomic mass is 16.5. The molecule has 0 radical (unpaired) electrons. The number of hydrogen-bond acceptors (Lipinski definition) is 4. The van der Waals surface area contributed by atoms with Crippen LogP contribution in [0.1, 0.15) is 38.1 Å². The van der Waals surface area contributed by atoms with Crippen LogP contribution >= 0.6 is 0 Å². The molecule has 1 rings (SSSR count). The Morgan fingerprint density at radius 1 is 1.47 bits per heavy atom. The predicted molar refractivity (Wildman–Crippen MR) is 60.3 cm³/mol. The molecule has 0 aliphatic rings. The summed E-state index contributed by atoms with van der Waals surface area (Å²) >= 11 is 0. The maximum absolute atomic E-state index is 5.47. The Morgan fingerprint density at radius 2 is 2.27 bits per heavy atom. The van der Waals surface area contributed by atoms with E-state index in [-0.39, 0.29) is 0 Å². The van der Waals surface area contributed by atoms with Crippen LogP contribution in [0.3, 0.4) is 0 Å². The molecule has 0 amide bonds. The molecule has 1 aromatic heterocycles. The summed E-state index contributed by atoms with van der Waals surface area (Å²) < 4.78 is 5.20. The van der Waals surface area contributed by atoms with Gasteiger partial charge in [0.1, 0.15) is 0 Å². The Kier molecular flexibility index (Phi) is 5.36. The Balaban J connectivity index is 2.43. The lowest BCUT2D eigenvalue weighted by Gasteiger charge is -2.17. The molecule has 0 unspecified atom stereocenters. The highest BCUT2D eigenvalue weighted by Gasteiger charge is 2.07. The van der Waals surface area contributed by atoms with Gasteiger partial charge in [-0.1, -0.05) is 25.4 Å². The molecule has 0 fully saturated rings. The van der Waals surface area contributed by atoms with Gasteiger partial charge in [0.05, 0.1) is 12.2 Å². The van der Waals surface area contributed by atoms with E-state index in [0.29, 0.717) is 6.54 Å². The Bertz CT molecular complexity index is 273. The van der Waals surface area contributed by atoms with E-state index in [0.717, 1.165) is 31.1 Å². The second-order valence-electron chi connectivity index (χ2n) is 3.71. The summed E-state index contributed by atoms with van der Waals surface area (Å²) in [6.45, 7) is 7.81. The molecule has 0 saturated heterocycles. The van der Waals surface area contributed by atoms with Crippen LogP contribution < -0.4 is 5.73 Å². The molecule has 0 bridgehead atoms. The molecule has 1 heterocycles. The van der Waals surface area contributed by atoms with Crippen molar-refractivity contribution in [3.8, 4) is 0 Å². The SMILES string of the molecule is CCCCN(CC)Cc1cc(CN)no1. The normalized spacial score (nSPS) is 11.2.